The van der Waals surface area contributed by atoms with Gasteiger partial charge in [0.25, 0.3) is 0 Å². The predicted molar refractivity (Wildman–Crippen MR) is 90.0 cm³/mol. The summed E-state index contributed by atoms with van der Waals surface area (Å²) in [6, 6.07) is 4.02. The Morgan fingerprint density at radius 1 is 1.43 bits per heavy atom. The zero-order valence-electron chi connectivity index (χ0n) is 13.9. The van der Waals surface area contributed by atoms with Crippen molar-refractivity contribution in [2.75, 3.05) is 11.9 Å². The lowest BCUT2D eigenvalue weighted by molar-refractivity contribution is -0.117. The quantitative estimate of drug-likeness (QED) is 0.875. The van der Waals surface area contributed by atoms with Gasteiger partial charge in [0.05, 0.1) is 12.3 Å². The number of hydrogen-bond acceptors (Lipinski definition) is 4. The molecule has 1 unspecified atom stereocenters. The number of carbonyl (C=O) groups is 1. The summed E-state index contributed by atoms with van der Waals surface area (Å²) in [4.78, 5) is 12.4. The van der Waals surface area contributed by atoms with Gasteiger partial charge in [-0.1, -0.05) is 6.42 Å². The van der Waals surface area contributed by atoms with Crippen molar-refractivity contribution >= 4 is 11.6 Å². The second-order valence-corrected chi connectivity index (χ2v) is 6.63. The number of nitrogens with one attached hydrogen (secondary N) is 1. The summed E-state index contributed by atoms with van der Waals surface area (Å²) in [6.07, 6.45) is 4.70. The first-order valence-electron chi connectivity index (χ1n) is 8.58. The van der Waals surface area contributed by atoms with Crippen LogP contribution >= 0.6 is 0 Å². The largest absolute Gasteiger partial charge is 0.492 e. The van der Waals surface area contributed by atoms with E-state index in [4.69, 9.17) is 15.2 Å². The van der Waals surface area contributed by atoms with E-state index >= 15 is 0 Å². The summed E-state index contributed by atoms with van der Waals surface area (Å²) >= 11 is 0. The molecule has 1 aliphatic carbocycles. The lowest BCUT2D eigenvalue weighted by Crippen LogP contribution is -2.28. The lowest BCUT2D eigenvalue weighted by atomic mass is 10.00. The van der Waals surface area contributed by atoms with Gasteiger partial charge in [-0.25, -0.2) is 0 Å². The molecule has 1 aliphatic heterocycles. The van der Waals surface area contributed by atoms with Crippen molar-refractivity contribution in [1.29, 1.82) is 0 Å². The third kappa shape index (κ3) is 3.61. The average molecular weight is 318 g/mol. The molecule has 3 N–H and O–H groups in total. The number of rotatable bonds is 5. The van der Waals surface area contributed by atoms with Crippen molar-refractivity contribution in [1.82, 2.24) is 0 Å². The Bertz CT molecular complexity index is 588. The summed E-state index contributed by atoms with van der Waals surface area (Å²) in [5.41, 5.74) is 7.89. The molecule has 1 heterocycles. The number of nitrogens with two attached hydrogens (primary N) is 1. The molecular weight excluding hydrogens is 292 g/mol. The fraction of sp³-hybridized carbons (Fsp3) is 0.611. The molecule has 5 heteroatoms. The van der Waals surface area contributed by atoms with Gasteiger partial charge in [0.15, 0.2) is 0 Å². The van der Waals surface area contributed by atoms with Crippen LogP contribution in [0.2, 0.25) is 0 Å². The van der Waals surface area contributed by atoms with E-state index < -0.39 is 0 Å². The van der Waals surface area contributed by atoms with Crippen molar-refractivity contribution < 1.29 is 14.3 Å². The molecule has 3 rings (SSSR count). The number of fused-ring (bicyclic) bond motifs is 1. The minimum atomic E-state index is -0.000650. The van der Waals surface area contributed by atoms with Crippen molar-refractivity contribution in [3.05, 3.63) is 17.7 Å². The third-order valence-corrected chi connectivity index (χ3v) is 4.74. The summed E-state index contributed by atoms with van der Waals surface area (Å²) in [6.45, 7) is 4.54. The molecule has 1 aromatic carbocycles. The van der Waals surface area contributed by atoms with Crippen LogP contribution in [0.3, 0.4) is 0 Å². The highest BCUT2D eigenvalue weighted by molar-refractivity contribution is 5.93. The molecule has 1 aromatic rings. The molecule has 0 radical (unpaired) electrons. The van der Waals surface area contributed by atoms with E-state index in [1.54, 1.807) is 0 Å². The van der Waals surface area contributed by atoms with E-state index in [0.29, 0.717) is 24.5 Å². The Hall–Kier alpha value is -1.75. The third-order valence-electron chi connectivity index (χ3n) is 4.74. The Morgan fingerprint density at radius 2 is 2.26 bits per heavy atom. The van der Waals surface area contributed by atoms with Crippen LogP contribution in [0.4, 0.5) is 5.69 Å². The standard InChI is InChI=1S/C18H26N2O3/c1-3-22-17-8-13-7-11(2)23-16(13)10-15(17)20-18(21)9-12-5-4-6-14(12)19/h8,10-12,14H,3-7,9,19H2,1-2H3,(H,20,21)/t11?,12-,14+/m0/s1. The van der Waals surface area contributed by atoms with Crippen molar-refractivity contribution in [3.63, 3.8) is 0 Å². The van der Waals surface area contributed by atoms with Gasteiger partial charge in [-0.05, 0) is 38.7 Å². The molecule has 3 atom stereocenters. The Morgan fingerprint density at radius 3 is 2.96 bits per heavy atom. The van der Waals surface area contributed by atoms with Crippen LogP contribution in [0, 0.1) is 5.92 Å². The smallest absolute Gasteiger partial charge is 0.224 e. The van der Waals surface area contributed by atoms with Gasteiger partial charge in [-0.2, -0.15) is 0 Å². The molecule has 126 valence electrons. The van der Waals surface area contributed by atoms with Crippen LogP contribution in [0.15, 0.2) is 12.1 Å². The van der Waals surface area contributed by atoms with Crippen molar-refractivity contribution in [2.45, 2.75) is 58.1 Å². The van der Waals surface area contributed by atoms with E-state index in [-0.39, 0.29) is 24.0 Å². The van der Waals surface area contributed by atoms with Gasteiger partial charge < -0.3 is 20.5 Å². The van der Waals surface area contributed by atoms with Crippen LogP contribution in [-0.2, 0) is 11.2 Å². The number of anilines is 1. The minimum absolute atomic E-state index is 0.000650. The summed E-state index contributed by atoms with van der Waals surface area (Å²) in [5, 5.41) is 2.99. The second kappa shape index (κ2) is 6.79. The van der Waals surface area contributed by atoms with Gasteiger partial charge in [-0.15, -0.1) is 0 Å². The fourth-order valence-electron chi connectivity index (χ4n) is 3.57. The molecule has 1 saturated carbocycles. The average Bonchev–Trinajstić information content (AvgIpc) is 3.04. The molecule has 23 heavy (non-hydrogen) atoms. The van der Waals surface area contributed by atoms with Crippen LogP contribution in [-0.4, -0.2) is 24.7 Å². The van der Waals surface area contributed by atoms with Gasteiger partial charge in [0.1, 0.15) is 17.6 Å². The van der Waals surface area contributed by atoms with Crippen molar-refractivity contribution in [2.24, 2.45) is 11.7 Å². The first kappa shape index (κ1) is 16.1. The monoisotopic (exact) mass is 318 g/mol. The molecule has 5 nitrogen and oxygen atoms in total. The molecule has 0 spiro atoms. The normalized spacial score (nSPS) is 25.8. The van der Waals surface area contributed by atoms with Crippen LogP contribution in [0.5, 0.6) is 11.5 Å². The van der Waals surface area contributed by atoms with Gasteiger partial charge in [-0.3, -0.25) is 4.79 Å². The molecule has 0 aromatic heterocycles. The maximum atomic E-state index is 12.4. The minimum Gasteiger partial charge on any atom is -0.492 e. The molecule has 1 amide bonds. The highest BCUT2D eigenvalue weighted by Gasteiger charge is 2.27. The maximum absolute atomic E-state index is 12.4. The zero-order valence-corrected chi connectivity index (χ0v) is 13.9. The second-order valence-electron chi connectivity index (χ2n) is 6.63. The SMILES string of the molecule is CCOc1cc2c(cc1NC(=O)C[C@@H]1CCC[C@H]1N)OC(C)C2. The van der Waals surface area contributed by atoms with E-state index in [0.717, 1.165) is 37.0 Å². The molecule has 2 aliphatic rings. The first-order valence-corrected chi connectivity index (χ1v) is 8.58. The molecular formula is C18H26N2O3. The number of amides is 1. The number of ether oxygens (including phenoxy) is 2. The van der Waals surface area contributed by atoms with E-state index in [1.807, 2.05) is 26.0 Å². The van der Waals surface area contributed by atoms with Gasteiger partial charge in [0.2, 0.25) is 5.91 Å². The number of benzene rings is 1. The van der Waals surface area contributed by atoms with Gasteiger partial charge in [0, 0.05) is 30.5 Å². The lowest BCUT2D eigenvalue weighted by Gasteiger charge is -2.17. The van der Waals surface area contributed by atoms with Crippen molar-refractivity contribution in [3.8, 4) is 11.5 Å². The van der Waals surface area contributed by atoms with E-state index in [1.165, 1.54) is 0 Å². The van der Waals surface area contributed by atoms with Crippen LogP contribution in [0.1, 0.15) is 45.1 Å². The molecule has 0 saturated heterocycles. The van der Waals surface area contributed by atoms with E-state index in [2.05, 4.69) is 5.32 Å². The molecule has 0 bridgehead atoms. The van der Waals surface area contributed by atoms with E-state index in [9.17, 15) is 4.79 Å². The zero-order chi connectivity index (χ0) is 16.4. The van der Waals surface area contributed by atoms with Crippen LogP contribution < -0.4 is 20.5 Å². The van der Waals surface area contributed by atoms with Crippen LogP contribution in [0.25, 0.3) is 0 Å². The maximum Gasteiger partial charge on any atom is 0.224 e. The predicted octanol–water partition coefficient (Wildman–Crippen LogP) is 2.86. The highest BCUT2D eigenvalue weighted by atomic mass is 16.5. The summed E-state index contributed by atoms with van der Waals surface area (Å²) in [5.74, 6) is 1.84. The Labute approximate surface area is 137 Å². The topological polar surface area (TPSA) is 73.6 Å². The number of carbonyl (C=O) groups excluding carboxylic acids is 1. The summed E-state index contributed by atoms with van der Waals surface area (Å²) < 4.78 is 11.5. The highest BCUT2D eigenvalue weighted by Crippen LogP contribution is 2.38. The Kier molecular flexibility index (Phi) is 4.76. The summed E-state index contributed by atoms with van der Waals surface area (Å²) in [7, 11) is 0. The Balaban J connectivity index is 1.73. The first-order chi connectivity index (χ1) is 11.1. The fourth-order valence-corrected chi connectivity index (χ4v) is 3.57. The number of hydrogen-bond donors (Lipinski definition) is 2. The van der Waals surface area contributed by atoms with Gasteiger partial charge >= 0.3 is 0 Å². The molecule has 1 fully saturated rings.